The molecule has 0 aliphatic rings. The molecular weight excluding hydrogens is 190 g/mol. The van der Waals surface area contributed by atoms with E-state index in [2.05, 4.69) is 0 Å². The molecule has 0 heterocycles. The predicted octanol–water partition coefficient (Wildman–Crippen LogP) is 1.10. The van der Waals surface area contributed by atoms with Gasteiger partial charge < -0.3 is 10.8 Å². The molecular formula is C12H17NO2. The summed E-state index contributed by atoms with van der Waals surface area (Å²) in [4.78, 5) is 11.4. The molecule has 0 unspecified atom stereocenters. The first-order valence-corrected chi connectivity index (χ1v) is 4.96. The third kappa shape index (κ3) is 2.64. The fourth-order valence-corrected chi connectivity index (χ4v) is 1.32. The Balaban J connectivity index is 3.08. The molecule has 0 aliphatic heterocycles. The van der Waals surface area contributed by atoms with E-state index in [1.54, 1.807) is 12.1 Å². The highest BCUT2D eigenvalue weighted by Crippen LogP contribution is 2.23. The number of nitrogens with two attached hydrogens (primary N) is 1. The lowest BCUT2D eigenvalue weighted by Crippen LogP contribution is -2.23. The monoisotopic (exact) mass is 207 g/mol. The lowest BCUT2D eigenvalue weighted by Gasteiger charge is -2.22. The third-order valence-electron chi connectivity index (χ3n) is 2.55. The molecule has 0 spiro atoms. The average Bonchev–Trinajstić information content (AvgIpc) is 2.28. The second kappa shape index (κ2) is 4.55. The number of aliphatic hydroxyl groups is 1. The van der Waals surface area contributed by atoms with Crippen molar-refractivity contribution in [2.24, 2.45) is 5.73 Å². The summed E-state index contributed by atoms with van der Waals surface area (Å²) in [5.41, 5.74) is 6.52. The number of hydrogen-bond acceptors (Lipinski definition) is 3. The van der Waals surface area contributed by atoms with Gasteiger partial charge in [0.15, 0.2) is 5.78 Å². The van der Waals surface area contributed by atoms with Gasteiger partial charge in [0.2, 0.25) is 0 Å². The van der Waals surface area contributed by atoms with Crippen LogP contribution in [0.25, 0.3) is 0 Å². The van der Waals surface area contributed by atoms with Crippen LogP contribution in [0, 0.1) is 0 Å². The molecule has 15 heavy (non-hydrogen) atoms. The van der Waals surface area contributed by atoms with Gasteiger partial charge in [-0.15, -0.1) is 0 Å². The van der Waals surface area contributed by atoms with Gasteiger partial charge in [0.1, 0.15) is 0 Å². The van der Waals surface area contributed by atoms with E-state index < -0.39 is 0 Å². The summed E-state index contributed by atoms with van der Waals surface area (Å²) in [6.07, 6.45) is 0. The largest absolute Gasteiger partial charge is 0.395 e. The van der Waals surface area contributed by atoms with Crippen LogP contribution >= 0.6 is 0 Å². The smallest absolute Gasteiger partial charge is 0.176 e. The third-order valence-corrected chi connectivity index (χ3v) is 2.55. The normalized spacial score (nSPS) is 11.5. The van der Waals surface area contributed by atoms with Crippen LogP contribution in [-0.2, 0) is 5.41 Å². The summed E-state index contributed by atoms with van der Waals surface area (Å²) in [7, 11) is 0. The van der Waals surface area contributed by atoms with Gasteiger partial charge in [-0.2, -0.15) is 0 Å². The number of benzene rings is 1. The lowest BCUT2D eigenvalue weighted by molar-refractivity contribution is 0.100. The highest BCUT2D eigenvalue weighted by atomic mass is 16.3. The minimum atomic E-state index is -0.328. The van der Waals surface area contributed by atoms with Crippen LogP contribution in [0.2, 0.25) is 0 Å². The molecule has 3 N–H and O–H groups in total. The van der Waals surface area contributed by atoms with Gasteiger partial charge in [-0.3, -0.25) is 4.79 Å². The summed E-state index contributed by atoms with van der Waals surface area (Å²) < 4.78 is 0. The van der Waals surface area contributed by atoms with Gasteiger partial charge in [0.25, 0.3) is 0 Å². The molecule has 0 amide bonds. The van der Waals surface area contributed by atoms with Crippen molar-refractivity contribution in [2.45, 2.75) is 19.3 Å². The number of ketones is 1. The summed E-state index contributed by atoms with van der Waals surface area (Å²) in [5.74, 6) is -0.0782. The van der Waals surface area contributed by atoms with Gasteiger partial charge in [0.05, 0.1) is 13.2 Å². The molecule has 0 fully saturated rings. The molecule has 1 rings (SSSR count). The molecule has 1 aromatic carbocycles. The van der Waals surface area contributed by atoms with E-state index in [-0.39, 0.29) is 24.3 Å². The number of carbonyl (C=O) groups is 1. The van der Waals surface area contributed by atoms with Crippen LogP contribution in [0.4, 0.5) is 0 Å². The van der Waals surface area contributed by atoms with Crippen LogP contribution < -0.4 is 5.73 Å². The first-order chi connectivity index (χ1) is 7.01. The minimum absolute atomic E-state index is 0.0169. The number of Topliss-reactive ketones (excluding diaryl/α,β-unsaturated/α-hetero) is 1. The van der Waals surface area contributed by atoms with Crippen LogP contribution in [0.5, 0.6) is 0 Å². The zero-order chi connectivity index (χ0) is 11.5. The van der Waals surface area contributed by atoms with Crippen molar-refractivity contribution in [1.29, 1.82) is 0 Å². The lowest BCUT2D eigenvalue weighted by atomic mass is 9.84. The van der Waals surface area contributed by atoms with Gasteiger partial charge in [0, 0.05) is 11.0 Å². The van der Waals surface area contributed by atoms with Crippen LogP contribution in [0.3, 0.4) is 0 Å². The summed E-state index contributed by atoms with van der Waals surface area (Å²) in [6.45, 7) is 3.92. The Kier molecular flexibility index (Phi) is 3.61. The molecule has 3 nitrogen and oxygen atoms in total. The van der Waals surface area contributed by atoms with Crippen LogP contribution in [-0.4, -0.2) is 24.0 Å². The fourth-order valence-electron chi connectivity index (χ4n) is 1.32. The minimum Gasteiger partial charge on any atom is -0.395 e. The maximum atomic E-state index is 11.4. The van der Waals surface area contributed by atoms with Crippen molar-refractivity contribution in [3.63, 3.8) is 0 Å². The zero-order valence-corrected chi connectivity index (χ0v) is 9.16. The van der Waals surface area contributed by atoms with Crippen molar-refractivity contribution < 1.29 is 9.90 Å². The Labute approximate surface area is 89.9 Å². The second-order valence-electron chi connectivity index (χ2n) is 4.25. The average molecular weight is 207 g/mol. The maximum Gasteiger partial charge on any atom is 0.176 e. The highest BCUT2D eigenvalue weighted by molar-refractivity contribution is 5.97. The quantitative estimate of drug-likeness (QED) is 0.727. The molecule has 0 aromatic heterocycles. The molecule has 0 saturated carbocycles. The van der Waals surface area contributed by atoms with E-state index in [0.29, 0.717) is 5.56 Å². The second-order valence-corrected chi connectivity index (χ2v) is 4.25. The summed E-state index contributed by atoms with van der Waals surface area (Å²) in [6, 6.07) is 7.26. The zero-order valence-electron chi connectivity index (χ0n) is 9.16. The molecule has 82 valence electrons. The van der Waals surface area contributed by atoms with Gasteiger partial charge in [-0.25, -0.2) is 0 Å². The molecule has 1 aromatic rings. The van der Waals surface area contributed by atoms with Gasteiger partial charge >= 0.3 is 0 Å². The predicted molar refractivity (Wildman–Crippen MR) is 59.9 cm³/mol. The van der Waals surface area contributed by atoms with Crippen molar-refractivity contribution in [1.82, 2.24) is 0 Å². The van der Waals surface area contributed by atoms with Gasteiger partial charge in [-0.1, -0.05) is 32.0 Å². The Morgan fingerprint density at radius 1 is 1.47 bits per heavy atom. The fraction of sp³-hybridized carbons (Fsp3) is 0.417. The Bertz CT molecular complexity index is 358. The first kappa shape index (κ1) is 11.9. The first-order valence-electron chi connectivity index (χ1n) is 4.96. The maximum absolute atomic E-state index is 11.4. The van der Waals surface area contributed by atoms with E-state index in [4.69, 9.17) is 5.73 Å². The Morgan fingerprint density at radius 2 is 2.13 bits per heavy atom. The topological polar surface area (TPSA) is 63.3 Å². The van der Waals surface area contributed by atoms with E-state index in [0.717, 1.165) is 5.56 Å². The van der Waals surface area contributed by atoms with Gasteiger partial charge in [-0.05, 0) is 11.6 Å². The van der Waals surface area contributed by atoms with E-state index in [1.807, 2.05) is 26.0 Å². The SMILES string of the molecule is CC(C)(CO)c1cccc(C(=O)CN)c1. The number of aliphatic hydroxyl groups excluding tert-OH is 1. The molecule has 3 heteroatoms. The van der Waals surface area contributed by atoms with Crippen molar-refractivity contribution in [2.75, 3.05) is 13.2 Å². The number of hydrogen-bond donors (Lipinski definition) is 2. The Morgan fingerprint density at radius 3 is 2.67 bits per heavy atom. The standard InChI is InChI=1S/C12H17NO2/c1-12(2,8-14)10-5-3-4-9(6-10)11(15)7-13/h3-6,14H,7-8,13H2,1-2H3. The summed E-state index contributed by atoms with van der Waals surface area (Å²) in [5, 5.41) is 9.22. The van der Waals surface area contributed by atoms with Crippen molar-refractivity contribution in [3.8, 4) is 0 Å². The van der Waals surface area contributed by atoms with E-state index in [9.17, 15) is 9.90 Å². The van der Waals surface area contributed by atoms with Crippen molar-refractivity contribution >= 4 is 5.78 Å². The van der Waals surface area contributed by atoms with E-state index >= 15 is 0 Å². The number of carbonyl (C=O) groups excluding carboxylic acids is 1. The molecule has 0 saturated heterocycles. The van der Waals surface area contributed by atoms with Crippen LogP contribution in [0.15, 0.2) is 24.3 Å². The van der Waals surface area contributed by atoms with E-state index in [1.165, 1.54) is 0 Å². The van der Waals surface area contributed by atoms with Crippen molar-refractivity contribution in [3.05, 3.63) is 35.4 Å². The Hall–Kier alpha value is -1.19. The molecule has 0 radical (unpaired) electrons. The van der Waals surface area contributed by atoms with Crippen LogP contribution in [0.1, 0.15) is 29.8 Å². The highest BCUT2D eigenvalue weighted by Gasteiger charge is 2.20. The molecule has 0 bridgehead atoms. The summed E-state index contributed by atoms with van der Waals surface area (Å²) >= 11 is 0. The number of rotatable bonds is 4. The molecule has 0 aliphatic carbocycles. The molecule has 0 atom stereocenters.